The summed E-state index contributed by atoms with van der Waals surface area (Å²) < 4.78 is 0. The van der Waals surface area contributed by atoms with Crippen molar-refractivity contribution < 1.29 is 4.79 Å². The molecule has 0 bridgehead atoms. The van der Waals surface area contributed by atoms with E-state index in [1.165, 1.54) is 0 Å². The molecule has 92 valence electrons. The third-order valence-corrected chi connectivity index (χ3v) is 3.19. The van der Waals surface area contributed by atoms with Crippen LogP contribution in [0.25, 0.3) is 0 Å². The molecule has 1 N–H and O–H groups in total. The second kappa shape index (κ2) is 6.03. The number of nitrogens with zero attached hydrogens (tertiary/aromatic N) is 1. The van der Waals surface area contributed by atoms with Gasteiger partial charge in [-0.2, -0.15) is 0 Å². The van der Waals surface area contributed by atoms with Crippen LogP contribution in [0.15, 0.2) is 24.3 Å². The Morgan fingerprint density at radius 2 is 1.71 bits per heavy atom. The van der Waals surface area contributed by atoms with Crippen LogP contribution in [0.5, 0.6) is 0 Å². The van der Waals surface area contributed by atoms with Crippen molar-refractivity contribution in [3.63, 3.8) is 0 Å². The number of carbonyl (C=O) groups excluding carboxylic acids is 1. The van der Waals surface area contributed by atoms with Crippen molar-refractivity contribution in [1.82, 2.24) is 10.2 Å². The number of hydrogen-bond acceptors (Lipinski definition) is 2. The maximum atomic E-state index is 12.2. The molecule has 1 aromatic rings. The molecule has 1 saturated heterocycles. The molecule has 1 aromatic carbocycles. The van der Waals surface area contributed by atoms with E-state index >= 15 is 0 Å². The lowest BCUT2D eigenvalue weighted by molar-refractivity contribution is 0.0745. The Labute approximate surface area is 107 Å². The molecule has 0 atom stereocenters. The van der Waals surface area contributed by atoms with Crippen molar-refractivity contribution in [1.29, 1.82) is 0 Å². The Morgan fingerprint density at radius 3 is 2.29 bits per heavy atom. The van der Waals surface area contributed by atoms with Gasteiger partial charge >= 0.3 is 0 Å². The zero-order valence-corrected chi connectivity index (χ0v) is 10.5. The summed E-state index contributed by atoms with van der Waals surface area (Å²) in [7, 11) is 0. The van der Waals surface area contributed by atoms with E-state index in [9.17, 15) is 4.79 Å². The molecule has 0 spiro atoms. The van der Waals surface area contributed by atoms with Crippen LogP contribution < -0.4 is 5.32 Å². The minimum Gasteiger partial charge on any atom is -0.339 e. The molecular weight excluding hydrogens is 236 g/mol. The highest BCUT2D eigenvalue weighted by Gasteiger charge is 2.15. The zero-order chi connectivity index (χ0) is 12.1. The summed E-state index contributed by atoms with van der Waals surface area (Å²) in [5.41, 5.74) is 0.725. The van der Waals surface area contributed by atoms with E-state index < -0.39 is 0 Å². The Morgan fingerprint density at radius 1 is 1.12 bits per heavy atom. The fourth-order valence-corrected chi connectivity index (χ4v) is 2.13. The lowest BCUT2D eigenvalue weighted by Gasteiger charge is -2.25. The summed E-state index contributed by atoms with van der Waals surface area (Å²) in [5, 5.41) is 4.00. The average molecular weight is 253 g/mol. The number of nitrogens with one attached hydrogen (secondary N) is 1. The van der Waals surface area contributed by atoms with Crippen molar-refractivity contribution in [3.05, 3.63) is 34.9 Å². The summed E-state index contributed by atoms with van der Waals surface area (Å²) in [6.07, 6.45) is 2.03. The molecule has 0 radical (unpaired) electrons. The van der Waals surface area contributed by atoms with Crippen LogP contribution >= 0.6 is 11.6 Å². The van der Waals surface area contributed by atoms with Crippen molar-refractivity contribution >= 4 is 17.5 Å². The van der Waals surface area contributed by atoms with Crippen LogP contribution in [0.3, 0.4) is 0 Å². The largest absolute Gasteiger partial charge is 0.339 e. The highest BCUT2D eigenvalue weighted by molar-refractivity contribution is 6.30. The molecule has 1 fully saturated rings. The van der Waals surface area contributed by atoms with Gasteiger partial charge in [-0.3, -0.25) is 4.79 Å². The SMILES string of the molecule is O=C(c1ccc(Cl)cc1)N1CCCNCCC1. The van der Waals surface area contributed by atoms with Crippen LogP contribution in [-0.2, 0) is 0 Å². The zero-order valence-electron chi connectivity index (χ0n) is 9.79. The van der Waals surface area contributed by atoms with Gasteiger partial charge in [-0.05, 0) is 50.2 Å². The van der Waals surface area contributed by atoms with Crippen LogP contribution in [-0.4, -0.2) is 37.0 Å². The minimum atomic E-state index is 0.114. The minimum absolute atomic E-state index is 0.114. The van der Waals surface area contributed by atoms with E-state index in [2.05, 4.69) is 5.32 Å². The number of rotatable bonds is 1. The van der Waals surface area contributed by atoms with Gasteiger partial charge in [-0.15, -0.1) is 0 Å². The van der Waals surface area contributed by atoms with E-state index in [1.54, 1.807) is 24.3 Å². The van der Waals surface area contributed by atoms with Crippen molar-refractivity contribution in [2.75, 3.05) is 26.2 Å². The van der Waals surface area contributed by atoms with Crippen molar-refractivity contribution in [2.45, 2.75) is 12.8 Å². The van der Waals surface area contributed by atoms with Gasteiger partial charge in [0.25, 0.3) is 5.91 Å². The van der Waals surface area contributed by atoms with Crippen LogP contribution in [0, 0.1) is 0 Å². The van der Waals surface area contributed by atoms with E-state index in [4.69, 9.17) is 11.6 Å². The summed E-state index contributed by atoms with van der Waals surface area (Å²) in [4.78, 5) is 14.2. The Hall–Kier alpha value is -1.06. The van der Waals surface area contributed by atoms with Gasteiger partial charge in [0, 0.05) is 23.7 Å². The summed E-state index contributed by atoms with van der Waals surface area (Å²) in [6, 6.07) is 7.12. The van der Waals surface area contributed by atoms with E-state index in [1.807, 2.05) is 4.90 Å². The molecule has 1 aliphatic rings. The van der Waals surface area contributed by atoms with Gasteiger partial charge in [0.15, 0.2) is 0 Å². The van der Waals surface area contributed by atoms with Gasteiger partial charge in [-0.25, -0.2) is 0 Å². The predicted octanol–water partition coefficient (Wildman–Crippen LogP) is 2.17. The highest BCUT2D eigenvalue weighted by atomic mass is 35.5. The Bertz CT molecular complexity index is 370. The first kappa shape index (κ1) is 12.4. The normalized spacial score (nSPS) is 17.4. The molecule has 1 aliphatic heterocycles. The van der Waals surface area contributed by atoms with E-state index in [-0.39, 0.29) is 5.91 Å². The van der Waals surface area contributed by atoms with Crippen LogP contribution in [0.1, 0.15) is 23.2 Å². The van der Waals surface area contributed by atoms with Crippen molar-refractivity contribution in [2.24, 2.45) is 0 Å². The molecule has 0 aromatic heterocycles. The number of benzene rings is 1. The second-order valence-corrected chi connectivity index (χ2v) is 4.69. The molecule has 2 rings (SSSR count). The van der Waals surface area contributed by atoms with Gasteiger partial charge in [0.1, 0.15) is 0 Å². The first-order valence-electron chi connectivity index (χ1n) is 6.03. The monoisotopic (exact) mass is 252 g/mol. The summed E-state index contributed by atoms with van der Waals surface area (Å²) in [6.45, 7) is 3.64. The fraction of sp³-hybridized carbons (Fsp3) is 0.462. The number of hydrogen-bond donors (Lipinski definition) is 1. The smallest absolute Gasteiger partial charge is 0.253 e. The molecule has 0 saturated carbocycles. The maximum Gasteiger partial charge on any atom is 0.253 e. The van der Waals surface area contributed by atoms with Crippen LogP contribution in [0.4, 0.5) is 0 Å². The number of amides is 1. The first-order valence-corrected chi connectivity index (χ1v) is 6.41. The maximum absolute atomic E-state index is 12.2. The molecule has 3 nitrogen and oxygen atoms in total. The van der Waals surface area contributed by atoms with Gasteiger partial charge in [0.05, 0.1) is 0 Å². The summed E-state index contributed by atoms with van der Waals surface area (Å²) in [5.74, 6) is 0.114. The summed E-state index contributed by atoms with van der Waals surface area (Å²) >= 11 is 5.82. The van der Waals surface area contributed by atoms with E-state index in [0.29, 0.717) is 5.02 Å². The fourth-order valence-electron chi connectivity index (χ4n) is 2.00. The molecule has 0 unspecified atom stereocenters. The molecule has 1 amide bonds. The standard InChI is InChI=1S/C13H17ClN2O/c14-12-5-3-11(4-6-12)13(17)16-9-1-7-15-8-2-10-16/h3-6,15H,1-2,7-10H2. The quantitative estimate of drug-likeness (QED) is 0.831. The predicted molar refractivity (Wildman–Crippen MR) is 69.5 cm³/mol. The van der Waals surface area contributed by atoms with E-state index in [0.717, 1.165) is 44.6 Å². The number of halogens is 1. The van der Waals surface area contributed by atoms with Crippen LogP contribution in [0.2, 0.25) is 5.02 Å². The van der Waals surface area contributed by atoms with Gasteiger partial charge in [-0.1, -0.05) is 11.6 Å². The molecule has 1 heterocycles. The highest BCUT2D eigenvalue weighted by Crippen LogP contribution is 2.12. The van der Waals surface area contributed by atoms with Gasteiger partial charge in [0.2, 0.25) is 0 Å². The second-order valence-electron chi connectivity index (χ2n) is 4.26. The molecule has 4 heteroatoms. The lowest BCUT2D eigenvalue weighted by atomic mass is 10.1. The Kier molecular flexibility index (Phi) is 4.40. The topological polar surface area (TPSA) is 32.3 Å². The molecular formula is C13H17ClN2O. The Balaban J connectivity index is 2.04. The third kappa shape index (κ3) is 3.45. The molecule has 0 aliphatic carbocycles. The molecule has 17 heavy (non-hydrogen) atoms. The first-order chi connectivity index (χ1) is 8.27. The average Bonchev–Trinajstić information content (AvgIpc) is 2.29. The number of carbonyl (C=O) groups is 1. The van der Waals surface area contributed by atoms with Gasteiger partial charge < -0.3 is 10.2 Å². The third-order valence-electron chi connectivity index (χ3n) is 2.94. The lowest BCUT2D eigenvalue weighted by Crippen LogP contribution is -2.38. The van der Waals surface area contributed by atoms with Crippen molar-refractivity contribution in [3.8, 4) is 0 Å².